The fraction of sp³-hybridized carbons (Fsp3) is 0.643. The van der Waals surface area contributed by atoms with E-state index in [0.29, 0.717) is 38.1 Å². The highest BCUT2D eigenvalue weighted by Gasteiger charge is 2.47. The van der Waals surface area contributed by atoms with E-state index in [1.54, 1.807) is 0 Å². The normalized spacial score (nSPS) is 24.5. The second kappa shape index (κ2) is 13.1. The number of likely N-dealkylation sites (tertiary alicyclic amines) is 1. The van der Waals surface area contributed by atoms with Crippen molar-refractivity contribution in [3.8, 4) is 0 Å². The molecule has 2 fully saturated rings. The highest BCUT2D eigenvalue weighted by atomic mass is 16.5. The summed E-state index contributed by atoms with van der Waals surface area (Å²) in [6.07, 6.45) is 8.03. The predicted molar refractivity (Wildman–Crippen MR) is 134 cm³/mol. The summed E-state index contributed by atoms with van der Waals surface area (Å²) < 4.78 is 11.1. The van der Waals surface area contributed by atoms with Crippen molar-refractivity contribution in [3.63, 3.8) is 0 Å². The molecule has 1 aromatic rings. The molecule has 6 nitrogen and oxygen atoms in total. The zero-order chi connectivity index (χ0) is 24.5. The molecule has 1 aliphatic carbocycles. The van der Waals surface area contributed by atoms with Crippen LogP contribution in [-0.2, 0) is 25.7 Å². The Morgan fingerprint density at radius 1 is 1.21 bits per heavy atom. The number of hydrogen-bond donors (Lipinski definition) is 1. The number of nitrogens with one attached hydrogen (secondary N) is 1. The zero-order valence-corrected chi connectivity index (χ0v) is 21.3. The summed E-state index contributed by atoms with van der Waals surface area (Å²) in [6, 6.07) is 9.74. The van der Waals surface area contributed by atoms with Gasteiger partial charge in [-0.3, -0.25) is 14.5 Å². The molecule has 0 spiro atoms. The lowest BCUT2D eigenvalue weighted by molar-refractivity contribution is -0.151. The summed E-state index contributed by atoms with van der Waals surface area (Å²) in [5.74, 6) is 0.230. The topological polar surface area (TPSA) is 67.9 Å². The maximum atomic E-state index is 13.1. The average Bonchev–Trinajstić information content (AvgIpc) is 3.43. The van der Waals surface area contributed by atoms with Crippen LogP contribution in [0.1, 0.15) is 71.8 Å². The Balaban J connectivity index is 1.62. The molecule has 1 aliphatic heterocycles. The van der Waals surface area contributed by atoms with Gasteiger partial charge in [0.15, 0.2) is 0 Å². The monoisotopic (exact) mass is 470 g/mol. The van der Waals surface area contributed by atoms with Gasteiger partial charge in [0.05, 0.1) is 6.61 Å². The van der Waals surface area contributed by atoms with Crippen molar-refractivity contribution in [1.29, 1.82) is 0 Å². The number of ether oxygens (including phenoxy) is 2. The van der Waals surface area contributed by atoms with E-state index in [0.717, 1.165) is 24.8 Å². The van der Waals surface area contributed by atoms with Crippen molar-refractivity contribution in [2.45, 2.75) is 97.0 Å². The van der Waals surface area contributed by atoms with Gasteiger partial charge in [0, 0.05) is 18.6 Å². The molecule has 0 radical (unpaired) electrons. The largest absolute Gasteiger partial charge is 0.465 e. The van der Waals surface area contributed by atoms with Crippen molar-refractivity contribution in [1.82, 2.24) is 10.2 Å². The summed E-state index contributed by atoms with van der Waals surface area (Å²) in [6.45, 7) is 9.44. The van der Waals surface area contributed by atoms with Gasteiger partial charge < -0.3 is 14.8 Å². The molecular weight excluding hydrogens is 428 g/mol. The molecule has 1 saturated carbocycles. The molecule has 1 saturated heterocycles. The molecule has 0 amide bonds. The van der Waals surface area contributed by atoms with Crippen LogP contribution in [0.5, 0.6) is 0 Å². The lowest BCUT2D eigenvalue weighted by Gasteiger charge is -2.32. The molecule has 2 aliphatic rings. The van der Waals surface area contributed by atoms with Gasteiger partial charge in [-0.15, -0.1) is 0 Å². The lowest BCUT2D eigenvalue weighted by atomic mass is 10.0. The maximum absolute atomic E-state index is 13.1. The zero-order valence-electron chi connectivity index (χ0n) is 21.3. The number of esters is 2. The van der Waals surface area contributed by atoms with E-state index in [4.69, 9.17) is 9.47 Å². The van der Waals surface area contributed by atoms with E-state index >= 15 is 0 Å². The van der Waals surface area contributed by atoms with E-state index < -0.39 is 0 Å². The fourth-order valence-electron chi connectivity index (χ4n) is 5.44. The van der Waals surface area contributed by atoms with Crippen LogP contribution >= 0.6 is 0 Å². The SMILES string of the molecule is C/C=C(\C)CCC(NC(C)CN1C(C(=O)OCc2ccccc2)C[C@@H]2CCC[C@@H]21)C(=O)OCC. The first kappa shape index (κ1) is 26.4. The first-order valence-corrected chi connectivity index (χ1v) is 12.9. The maximum Gasteiger partial charge on any atom is 0.323 e. The Morgan fingerprint density at radius 3 is 2.68 bits per heavy atom. The molecule has 1 heterocycles. The van der Waals surface area contributed by atoms with Gasteiger partial charge in [0.1, 0.15) is 18.7 Å². The number of fused-ring (bicyclic) bond motifs is 1. The van der Waals surface area contributed by atoms with Crippen molar-refractivity contribution >= 4 is 11.9 Å². The minimum absolute atomic E-state index is 0.0455. The Labute approximate surface area is 205 Å². The van der Waals surface area contributed by atoms with Crippen LogP contribution in [0.2, 0.25) is 0 Å². The Hall–Kier alpha value is -2.18. The van der Waals surface area contributed by atoms with Crippen LogP contribution in [0, 0.1) is 5.92 Å². The molecule has 5 atom stereocenters. The second-order valence-electron chi connectivity index (χ2n) is 9.85. The summed E-state index contributed by atoms with van der Waals surface area (Å²) in [5, 5.41) is 3.51. The van der Waals surface area contributed by atoms with Crippen LogP contribution in [0.15, 0.2) is 42.0 Å². The summed E-state index contributed by atoms with van der Waals surface area (Å²) in [4.78, 5) is 28.1. The lowest BCUT2D eigenvalue weighted by Crippen LogP contribution is -2.51. The second-order valence-corrected chi connectivity index (χ2v) is 9.85. The van der Waals surface area contributed by atoms with Crippen LogP contribution in [0.3, 0.4) is 0 Å². The molecule has 34 heavy (non-hydrogen) atoms. The third-order valence-corrected chi connectivity index (χ3v) is 7.33. The van der Waals surface area contributed by atoms with E-state index in [1.807, 2.05) is 44.2 Å². The highest BCUT2D eigenvalue weighted by Crippen LogP contribution is 2.41. The van der Waals surface area contributed by atoms with Crippen molar-refractivity contribution in [2.75, 3.05) is 13.2 Å². The van der Waals surface area contributed by atoms with Gasteiger partial charge in [-0.25, -0.2) is 0 Å². The van der Waals surface area contributed by atoms with Gasteiger partial charge >= 0.3 is 11.9 Å². The van der Waals surface area contributed by atoms with E-state index in [1.165, 1.54) is 18.4 Å². The smallest absolute Gasteiger partial charge is 0.323 e. The van der Waals surface area contributed by atoms with Crippen LogP contribution < -0.4 is 5.32 Å². The minimum Gasteiger partial charge on any atom is -0.465 e. The fourth-order valence-corrected chi connectivity index (χ4v) is 5.44. The van der Waals surface area contributed by atoms with Gasteiger partial charge in [-0.1, -0.05) is 48.4 Å². The van der Waals surface area contributed by atoms with Crippen LogP contribution in [0.25, 0.3) is 0 Å². The van der Waals surface area contributed by atoms with Crippen LogP contribution in [0.4, 0.5) is 0 Å². The third kappa shape index (κ3) is 7.16. The number of hydrogen-bond acceptors (Lipinski definition) is 6. The van der Waals surface area contributed by atoms with Gasteiger partial charge in [-0.2, -0.15) is 0 Å². The summed E-state index contributed by atoms with van der Waals surface area (Å²) in [5.41, 5.74) is 2.27. The Kier molecular flexibility index (Phi) is 10.1. The van der Waals surface area contributed by atoms with Crippen molar-refractivity contribution < 1.29 is 19.1 Å². The third-order valence-electron chi connectivity index (χ3n) is 7.33. The van der Waals surface area contributed by atoms with E-state index in [9.17, 15) is 9.59 Å². The van der Waals surface area contributed by atoms with E-state index in [-0.39, 0.29) is 30.1 Å². The molecule has 3 unspecified atom stereocenters. The van der Waals surface area contributed by atoms with E-state index in [2.05, 4.69) is 30.1 Å². The molecule has 1 N–H and O–H groups in total. The Morgan fingerprint density at radius 2 is 1.97 bits per heavy atom. The number of carbonyl (C=O) groups excluding carboxylic acids is 2. The molecule has 0 aromatic heterocycles. The molecule has 3 rings (SSSR count). The number of nitrogens with zero attached hydrogens (tertiary/aromatic N) is 1. The first-order chi connectivity index (χ1) is 16.4. The molecule has 0 bridgehead atoms. The predicted octanol–water partition coefficient (Wildman–Crippen LogP) is 4.63. The quantitative estimate of drug-likeness (QED) is 0.355. The highest BCUT2D eigenvalue weighted by molar-refractivity contribution is 5.76. The van der Waals surface area contributed by atoms with Gasteiger partial charge in [0.25, 0.3) is 0 Å². The summed E-state index contributed by atoms with van der Waals surface area (Å²) in [7, 11) is 0. The van der Waals surface area contributed by atoms with Crippen LogP contribution in [-0.4, -0.2) is 54.2 Å². The molecule has 6 heteroatoms. The van der Waals surface area contributed by atoms with Crippen molar-refractivity contribution in [2.24, 2.45) is 5.92 Å². The van der Waals surface area contributed by atoms with Gasteiger partial charge in [-0.05, 0) is 71.3 Å². The molecule has 188 valence electrons. The standard InChI is InChI=1S/C28H42N2O4/c1-5-20(3)15-16-24(27(31)33-6-2)29-21(4)18-30-25-14-10-13-23(25)17-26(30)28(32)34-19-22-11-8-7-9-12-22/h5,7-9,11-12,21,23-26,29H,6,10,13-19H2,1-4H3/b20-5+/t21?,23-,24?,25-,26?/m0/s1. The number of allylic oxidation sites excluding steroid dienone is 2. The number of rotatable bonds is 12. The molecular formula is C28H42N2O4. The number of carbonyl (C=O) groups is 2. The average molecular weight is 471 g/mol. The van der Waals surface area contributed by atoms with Crippen molar-refractivity contribution in [3.05, 3.63) is 47.5 Å². The minimum atomic E-state index is -0.352. The molecule has 1 aromatic carbocycles. The summed E-state index contributed by atoms with van der Waals surface area (Å²) >= 11 is 0. The number of benzene rings is 1. The first-order valence-electron chi connectivity index (χ1n) is 12.9. The van der Waals surface area contributed by atoms with Gasteiger partial charge in [0.2, 0.25) is 0 Å². The Bertz CT molecular complexity index is 825.